The van der Waals surface area contributed by atoms with Gasteiger partial charge in [0.25, 0.3) is 0 Å². The number of hydrogen-bond donors (Lipinski definition) is 2. The van der Waals surface area contributed by atoms with Crippen molar-refractivity contribution in [2.45, 2.75) is 18.4 Å². The molecule has 0 atom stereocenters. The van der Waals surface area contributed by atoms with Gasteiger partial charge in [-0.15, -0.1) is 0 Å². The van der Waals surface area contributed by atoms with Gasteiger partial charge in [-0.3, -0.25) is 5.10 Å². The van der Waals surface area contributed by atoms with Crippen molar-refractivity contribution in [2.24, 2.45) is 0 Å². The van der Waals surface area contributed by atoms with Gasteiger partial charge in [0.1, 0.15) is 10.6 Å². The average Bonchev–Trinajstić information content (AvgIpc) is 2.72. The molecule has 17 heavy (non-hydrogen) atoms. The Morgan fingerprint density at radius 2 is 2.12 bits per heavy atom. The van der Waals surface area contributed by atoms with Crippen LogP contribution in [0.1, 0.15) is 11.4 Å². The fourth-order valence-electron chi connectivity index (χ4n) is 1.83. The SMILES string of the molecule is Cc1[nH]nc(CO)c1S(=O)(=O)N1CCOCC1. The molecule has 1 aromatic rings. The molecule has 1 fully saturated rings. The largest absolute Gasteiger partial charge is 0.390 e. The molecule has 0 aliphatic carbocycles. The summed E-state index contributed by atoms with van der Waals surface area (Å²) >= 11 is 0. The van der Waals surface area contributed by atoms with E-state index in [0.29, 0.717) is 32.0 Å². The number of ether oxygens (including phenoxy) is 1. The summed E-state index contributed by atoms with van der Waals surface area (Å²) in [4.78, 5) is 0.0851. The third kappa shape index (κ3) is 2.21. The number of nitrogens with one attached hydrogen (secondary N) is 1. The number of nitrogens with zero attached hydrogens (tertiary/aromatic N) is 2. The number of hydrogen-bond acceptors (Lipinski definition) is 5. The van der Waals surface area contributed by atoms with Gasteiger partial charge < -0.3 is 9.84 Å². The van der Waals surface area contributed by atoms with E-state index in [1.807, 2.05) is 0 Å². The first-order chi connectivity index (χ1) is 8.07. The van der Waals surface area contributed by atoms with E-state index in [1.165, 1.54) is 4.31 Å². The Hall–Kier alpha value is -0.960. The minimum Gasteiger partial charge on any atom is -0.390 e. The van der Waals surface area contributed by atoms with E-state index >= 15 is 0 Å². The van der Waals surface area contributed by atoms with Crippen LogP contribution in [0.2, 0.25) is 0 Å². The van der Waals surface area contributed by atoms with Crippen molar-refractivity contribution in [3.63, 3.8) is 0 Å². The molecule has 0 radical (unpaired) electrons. The molecule has 1 aliphatic rings. The topological polar surface area (TPSA) is 95.5 Å². The first kappa shape index (κ1) is 12.5. The number of aromatic amines is 1. The highest BCUT2D eigenvalue weighted by Crippen LogP contribution is 2.22. The molecule has 2 rings (SSSR count). The summed E-state index contributed by atoms with van der Waals surface area (Å²) in [6, 6.07) is 0. The van der Waals surface area contributed by atoms with Crippen molar-refractivity contribution in [2.75, 3.05) is 26.3 Å². The number of morpholine rings is 1. The van der Waals surface area contributed by atoms with Crippen LogP contribution in [-0.4, -0.2) is 54.3 Å². The van der Waals surface area contributed by atoms with Crippen LogP contribution in [0, 0.1) is 6.92 Å². The summed E-state index contributed by atoms with van der Waals surface area (Å²) in [6.07, 6.45) is 0. The minimum absolute atomic E-state index is 0.0851. The van der Waals surface area contributed by atoms with Gasteiger partial charge in [-0.25, -0.2) is 8.42 Å². The summed E-state index contributed by atoms with van der Waals surface area (Å²) in [7, 11) is -3.59. The van der Waals surface area contributed by atoms with Gasteiger partial charge in [0.2, 0.25) is 10.0 Å². The van der Waals surface area contributed by atoms with Gasteiger partial charge in [0.15, 0.2) is 0 Å². The normalized spacial score (nSPS) is 18.5. The highest BCUT2D eigenvalue weighted by molar-refractivity contribution is 7.89. The number of aliphatic hydroxyl groups is 1. The molecule has 2 heterocycles. The van der Waals surface area contributed by atoms with Gasteiger partial charge in [0, 0.05) is 13.1 Å². The smallest absolute Gasteiger partial charge is 0.246 e. The van der Waals surface area contributed by atoms with Crippen molar-refractivity contribution in [3.05, 3.63) is 11.4 Å². The van der Waals surface area contributed by atoms with Crippen LogP contribution in [0.3, 0.4) is 0 Å². The highest BCUT2D eigenvalue weighted by atomic mass is 32.2. The molecule has 96 valence electrons. The number of sulfonamides is 1. The fourth-order valence-corrected chi connectivity index (χ4v) is 3.56. The quantitative estimate of drug-likeness (QED) is 0.745. The van der Waals surface area contributed by atoms with E-state index in [1.54, 1.807) is 6.92 Å². The molecule has 2 N–H and O–H groups in total. The summed E-state index contributed by atoms with van der Waals surface area (Å²) in [6.45, 7) is 2.67. The molecule has 1 aliphatic heterocycles. The average molecular weight is 261 g/mol. The van der Waals surface area contributed by atoms with E-state index < -0.39 is 16.6 Å². The molecule has 0 bridgehead atoms. The van der Waals surface area contributed by atoms with E-state index in [9.17, 15) is 8.42 Å². The maximum Gasteiger partial charge on any atom is 0.246 e. The van der Waals surface area contributed by atoms with Crippen LogP contribution < -0.4 is 0 Å². The van der Waals surface area contributed by atoms with Gasteiger partial charge in [-0.05, 0) is 6.92 Å². The zero-order valence-electron chi connectivity index (χ0n) is 9.51. The summed E-state index contributed by atoms with van der Waals surface area (Å²) < 4.78 is 31.2. The van der Waals surface area contributed by atoms with Crippen molar-refractivity contribution >= 4 is 10.0 Å². The van der Waals surface area contributed by atoms with Crippen molar-refractivity contribution in [1.29, 1.82) is 0 Å². The summed E-state index contributed by atoms with van der Waals surface area (Å²) in [5, 5.41) is 15.5. The molecule has 0 aromatic carbocycles. The van der Waals surface area contributed by atoms with Gasteiger partial charge in [-0.1, -0.05) is 0 Å². The number of aryl methyl sites for hydroxylation is 1. The highest BCUT2D eigenvalue weighted by Gasteiger charge is 2.31. The Morgan fingerprint density at radius 3 is 2.71 bits per heavy atom. The zero-order valence-corrected chi connectivity index (χ0v) is 10.3. The molecular formula is C9H15N3O4S. The monoisotopic (exact) mass is 261 g/mol. The van der Waals surface area contributed by atoms with E-state index in [0.717, 1.165) is 0 Å². The lowest BCUT2D eigenvalue weighted by atomic mass is 10.4. The Bertz CT molecular complexity index is 490. The van der Waals surface area contributed by atoms with E-state index in [4.69, 9.17) is 9.84 Å². The molecular weight excluding hydrogens is 246 g/mol. The lowest BCUT2D eigenvalue weighted by Gasteiger charge is -2.26. The maximum absolute atomic E-state index is 12.3. The van der Waals surface area contributed by atoms with E-state index in [2.05, 4.69) is 10.2 Å². The van der Waals surface area contributed by atoms with Crippen LogP contribution in [-0.2, 0) is 21.4 Å². The van der Waals surface area contributed by atoms with E-state index in [-0.39, 0.29) is 10.6 Å². The van der Waals surface area contributed by atoms with Gasteiger partial charge >= 0.3 is 0 Å². The molecule has 8 heteroatoms. The van der Waals surface area contributed by atoms with Crippen molar-refractivity contribution in [3.8, 4) is 0 Å². The Morgan fingerprint density at radius 1 is 1.47 bits per heavy atom. The molecule has 0 amide bonds. The first-order valence-electron chi connectivity index (χ1n) is 5.30. The molecule has 1 saturated heterocycles. The van der Waals surface area contributed by atoms with Crippen LogP contribution in [0.25, 0.3) is 0 Å². The number of rotatable bonds is 3. The summed E-state index contributed by atoms with van der Waals surface area (Å²) in [5.74, 6) is 0. The minimum atomic E-state index is -3.59. The van der Waals surface area contributed by atoms with Crippen LogP contribution in [0.15, 0.2) is 4.90 Å². The Kier molecular flexibility index (Phi) is 3.48. The standard InChI is InChI=1S/C9H15N3O4S/c1-7-9(8(6-13)11-10-7)17(14,15)12-2-4-16-5-3-12/h13H,2-6H2,1H3,(H,10,11). The third-order valence-corrected chi connectivity index (χ3v) is 4.78. The lowest BCUT2D eigenvalue weighted by Crippen LogP contribution is -2.41. The molecule has 7 nitrogen and oxygen atoms in total. The Balaban J connectivity index is 2.39. The maximum atomic E-state index is 12.3. The van der Waals surface area contributed by atoms with Crippen LogP contribution >= 0.6 is 0 Å². The third-order valence-electron chi connectivity index (χ3n) is 2.68. The Labute approximate surface area is 99.4 Å². The van der Waals surface area contributed by atoms with Crippen LogP contribution in [0.5, 0.6) is 0 Å². The molecule has 1 aromatic heterocycles. The summed E-state index contributed by atoms with van der Waals surface area (Å²) in [5.41, 5.74) is 0.606. The predicted octanol–water partition coefficient (Wildman–Crippen LogP) is -0.769. The second-order valence-electron chi connectivity index (χ2n) is 3.80. The molecule has 0 unspecified atom stereocenters. The fraction of sp³-hybridized carbons (Fsp3) is 0.667. The zero-order chi connectivity index (χ0) is 12.5. The first-order valence-corrected chi connectivity index (χ1v) is 6.74. The second kappa shape index (κ2) is 4.73. The second-order valence-corrected chi connectivity index (χ2v) is 5.67. The van der Waals surface area contributed by atoms with Crippen molar-refractivity contribution < 1.29 is 18.3 Å². The predicted molar refractivity (Wildman–Crippen MR) is 58.8 cm³/mol. The number of aromatic nitrogens is 2. The van der Waals surface area contributed by atoms with Crippen molar-refractivity contribution in [1.82, 2.24) is 14.5 Å². The van der Waals surface area contributed by atoms with Crippen LogP contribution in [0.4, 0.5) is 0 Å². The van der Waals surface area contributed by atoms with Gasteiger partial charge in [0.05, 0.1) is 25.5 Å². The van der Waals surface area contributed by atoms with Gasteiger partial charge in [-0.2, -0.15) is 9.40 Å². The number of H-pyrrole nitrogens is 1. The molecule has 0 saturated carbocycles. The lowest BCUT2D eigenvalue weighted by molar-refractivity contribution is 0.0729. The molecule has 0 spiro atoms. The number of aliphatic hydroxyl groups excluding tert-OH is 1.